The number of carbonyl (C=O) groups excluding carboxylic acids is 2. The minimum Gasteiger partial charge on any atom is -0.326 e. The van der Waals surface area contributed by atoms with Crippen LogP contribution in [0.2, 0.25) is 5.02 Å². The standard InChI is InChI=1S/C17H16ClN3O2/c18-15-9-5-4-6-13(15)12-19-21-17(23)11-10-16(22)20-14-7-2-1-3-8-14/h1-9,12H,10-11H2,(H,20,22)(H,21,23)/b19-12-. The topological polar surface area (TPSA) is 70.6 Å². The van der Waals surface area contributed by atoms with E-state index in [0.717, 1.165) is 0 Å². The van der Waals surface area contributed by atoms with Crippen LogP contribution in [0.4, 0.5) is 5.69 Å². The maximum Gasteiger partial charge on any atom is 0.240 e. The zero-order valence-corrected chi connectivity index (χ0v) is 13.1. The van der Waals surface area contributed by atoms with Crippen molar-refractivity contribution in [2.24, 2.45) is 5.10 Å². The maximum absolute atomic E-state index is 11.7. The zero-order chi connectivity index (χ0) is 16.5. The average molecular weight is 330 g/mol. The lowest BCUT2D eigenvalue weighted by Crippen LogP contribution is -2.20. The van der Waals surface area contributed by atoms with Crippen molar-refractivity contribution in [2.75, 3.05) is 5.32 Å². The van der Waals surface area contributed by atoms with Crippen LogP contribution in [0.1, 0.15) is 18.4 Å². The van der Waals surface area contributed by atoms with Gasteiger partial charge >= 0.3 is 0 Å². The molecule has 0 fully saturated rings. The van der Waals surface area contributed by atoms with Crippen molar-refractivity contribution in [3.63, 3.8) is 0 Å². The van der Waals surface area contributed by atoms with Gasteiger partial charge in [0.15, 0.2) is 0 Å². The lowest BCUT2D eigenvalue weighted by atomic mass is 10.2. The Labute approximate surface area is 139 Å². The Balaban J connectivity index is 1.73. The molecule has 0 saturated heterocycles. The van der Waals surface area contributed by atoms with Crippen molar-refractivity contribution in [1.82, 2.24) is 5.43 Å². The van der Waals surface area contributed by atoms with Crippen molar-refractivity contribution in [1.29, 1.82) is 0 Å². The molecule has 0 aromatic heterocycles. The van der Waals surface area contributed by atoms with E-state index >= 15 is 0 Å². The van der Waals surface area contributed by atoms with Gasteiger partial charge in [-0.05, 0) is 18.2 Å². The van der Waals surface area contributed by atoms with Crippen molar-refractivity contribution in [3.8, 4) is 0 Å². The molecule has 0 saturated carbocycles. The molecule has 2 amide bonds. The highest BCUT2D eigenvalue weighted by molar-refractivity contribution is 6.33. The highest BCUT2D eigenvalue weighted by Gasteiger charge is 2.06. The Hall–Kier alpha value is -2.66. The third kappa shape index (κ3) is 5.92. The fourth-order valence-electron chi connectivity index (χ4n) is 1.78. The van der Waals surface area contributed by atoms with Crippen LogP contribution in [0.5, 0.6) is 0 Å². The summed E-state index contributed by atoms with van der Waals surface area (Å²) in [6.45, 7) is 0. The first kappa shape index (κ1) is 16.7. The number of nitrogens with zero attached hydrogens (tertiary/aromatic N) is 1. The van der Waals surface area contributed by atoms with Gasteiger partial charge < -0.3 is 5.32 Å². The predicted molar refractivity (Wildman–Crippen MR) is 91.5 cm³/mol. The van der Waals surface area contributed by atoms with Crippen LogP contribution in [-0.2, 0) is 9.59 Å². The number of hydrogen-bond donors (Lipinski definition) is 2. The second kappa shape index (κ2) is 8.70. The van der Waals surface area contributed by atoms with E-state index in [1.807, 2.05) is 30.3 Å². The van der Waals surface area contributed by atoms with Gasteiger partial charge in [0.1, 0.15) is 0 Å². The van der Waals surface area contributed by atoms with E-state index in [2.05, 4.69) is 15.8 Å². The zero-order valence-electron chi connectivity index (χ0n) is 12.3. The molecule has 0 unspecified atom stereocenters. The first-order chi connectivity index (χ1) is 11.1. The van der Waals surface area contributed by atoms with Crippen LogP contribution in [0.3, 0.4) is 0 Å². The van der Waals surface area contributed by atoms with Crippen molar-refractivity contribution in [3.05, 3.63) is 65.2 Å². The monoisotopic (exact) mass is 329 g/mol. The summed E-state index contributed by atoms with van der Waals surface area (Å²) in [4.78, 5) is 23.3. The molecular weight excluding hydrogens is 314 g/mol. The van der Waals surface area contributed by atoms with Crippen LogP contribution < -0.4 is 10.7 Å². The molecule has 2 rings (SSSR count). The van der Waals surface area contributed by atoms with Crippen LogP contribution >= 0.6 is 11.6 Å². The van der Waals surface area contributed by atoms with Gasteiger partial charge in [-0.3, -0.25) is 9.59 Å². The molecule has 0 spiro atoms. The molecule has 0 heterocycles. The van der Waals surface area contributed by atoms with E-state index in [1.54, 1.807) is 24.3 Å². The van der Waals surface area contributed by atoms with Gasteiger partial charge in [0.25, 0.3) is 0 Å². The van der Waals surface area contributed by atoms with E-state index in [9.17, 15) is 9.59 Å². The van der Waals surface area contributed by atoms with Gasteiger partial charge in [0, 0.05) is 29.1 Å². The number of benzene rings is 2. The highest BCUT2D eigenvalue weighted by atomic mass is 35.5. The highest BCUT2D eigenvalue weighted by Crippen LogP contribution is 2.12. The van der Waals surface area contributed by atoms with Crippen LogP contribution in [0.25, 0.3) is 0 Å². The summed E-state index contributed by atoms with van der Waals surface area (Å²) in [7, 11) is 0. The molecule has 2 aromatic rings. The summed E-state index contributed by atoms with van der Waals surface area (Å²) in [5.74, 6) is -0.557. The van der Waals surface area contributed by atoms with Crippen LogP contribution in [-0.4, -0.2) is 18.0 Å². The first-order valence-electron chi connectivity index (χ1n) is 7.06. The summed E-state index contributed by atoms with van der Waals surface area (Å²) in [6, 6.07) is 16.2. The van der Waals surface area contributed by atoms with Crippen LogP contribution in [0, 0.1) is 0 Å². The van der Waals surface area contributed by atoms with Gasteiger partial charge in [-0.2, -0.15) is 5.10 Å². The van der Waals surface area contributed by atoms with Gasteiger partial charge in [-0.15, -0.1) is 0 Å². The number of halogens is 1. The first-order valence-corrected chi connectivity index (χ1v) is 7.44. The summed E-state index contributed by atoms with van der Waals surface area (Å²) in [5.41, 5.74) is 3.78. The number of hydrazone groups is 1. The number of amides is 2. The SMILES string of the molecule is O=C(CCC(=O)Nc1ccccc1)N/N=C\c1ccccc1Cl. The largest absolute Gasteiger partial charge is 0.326 e. The maximum atomic E-state index is 11.7. The molecular formula is C17H16ClN3O2. The Bertz CT molecular complexity index is 702. The van der Waals surface area contributed by atoms with Crippen molar-refractivity contribution < 1.29 is 9.59 Å². The normalized spacial score (nSPS) is 10.5. The quantitative estimate of drug-likeness (QED) is 0.631. The van der Waals surface area contributed by atoms with E-state index in [-0.39, 0.29) is 24.7 Å². The summed E-state index contributed by atoms with van der Waals surface area (Å²) >= 11 is 5.96. The van der Waals surface area contributed by atoms with Crippen molar-refractivity contribution >= 4 is 35.3 Å². The van der Waals surface area contributed by atoms with E-state index in [0.29, 0.717) is 16.3 Å². The second-order valence-electron chi connectivity index (χ2n) is 4.73. The molecule has 2 aromatic carbocycles. The molecule has 0 aliphatic carbocycles. The molecule has 23 heavy (non-hydrogen) atoms. The number of carbonyl (C=O) groups is 2. The van der Waals surface area contributed by atoms with Gasteiger partial charge in [-0.25, -0.2) is 5.43 Å². The van der Waals surface area contributed by atoms with Crippen molar-refractivity contribution in [2.45, 2.75) is 12.8 Å². The summed E-state index contributed by atoms with van der Waals surface area (Å²) in [5, 5.41) is 7.08. The summed E-state index contributed by atoms with van der Waals surface area (Å²) < 4.78 is 0. The summed E-state index contributed by atoms with van der Waals surface area (Å²) in [6.07, 6.45) is 1.60. The number of rotatable bonds is 6. The van der Waals surface area contributed by atoms with E-state index < -0.39 is 0 Å². The average Bonchev–Trinajstić information content (AvgIpc) is 2.56. The molecule has 0 aliphatic heterocycles. The molecule has 0 atom stereocenters. The molecule has 118 valence electrons. The molecule has 2 N–H and O–H groups in total. The minimum absolute atomic E-state index is 0.0541. The van der Waals surface area contributed by atoms with Gasteiger partial charge in [0.2, 0.25) is 11.8 Å². The molecule has 0 bridgehead atoms. The Morgan fingerprint density at radius 1 is 0.957 bits per heavy atom. The number of anilines is 1. The third-order valence-electron chi connectivity index (χ3n) is 2.93. The lowest BCUT2D eigenvalue weighted by molar-refractivity contribution is -0.124. The number of nitrogens with one attached hydrogen (secondary N) is 2. The fraction of sp³-hybridized carbons (Fsp3) is 0.118. The Morgan fingerprint density at radius 3 is 2.35 bits per heavy atom. The van der Waals surface area contributed by atoms with Gasteiger partial charge in [-0.1, -0.05) is 48.0 Å². The van der Waals surface area contributed by atoms with Crippen LogP contribution in [0.15, 0.2) is 59.7 Å². The minimum atomic E-state index is -0.337. The molecule has 0 aliphatic rings. The smallest absolute Gasteiger partial charge is 0.240 e. The van der Waals surface area contributed by atoms with E-state index in [1.165, 1.54) is 6.21 Å². The molecule has 0 radical (unpaired) electrons. The number of para-hydroxylation sites is 1. The Kier molecular flexibility index (Phi) is 6.32. The van der Waals surface area contributed by atoms with E-state index in [4.69, 9.17) is 11.6 Å². The molecule has 5 nitrogen and oxygen atoms in total. The second-order valence-corrected chi connectivity index (χ2v) is 5.14. The third-order valence-corrected chi connectivity index (χ3v) is 3.28. The fourth-order valence-corrected chi connectivity index (χ4v) is 1.97. The molecule has 6 heteroatoms. The predicted octanol–water partition coefficient (Wildman–Crippen LogP) is 3.21. The van der Waals surface area contributed by atoms with Gasteiger partial charge in [0.05, 0.1) is 6.21 Å². The lowest BCUT2D eigenvalue weighted by Gasteiger charge is -2.04. The Morgan fingerprint density at radius 2 is 1.61 bits per heavy atom. The number of hydrogen-bond acceptors (Lipinski definition) is 3.